The van der Waals surface area contributed by atoms with Gasteiger partial charge in [0.25, 0.3) is 5.91 Å². The van der Waals surface area contributed by atoms with E-state index >= 15 is 0 Å². The highest BCUT2D eigenvalue weighted by molar-refractivity contribution is 5.91. The van der Waals surface area contributed by atoms with Gasteiger partial charge in [-0.2, -0.15) is 0 Å². The number of nitrogens with zero attached hydrogens (tertiary/aromatic N) is 1. The smallest absolute Gasteiger partial charge is 0.287 e. The number of hydrogen-bond donors (Lipinski definition) is 1. The molecule has 0 aliphatic carbocycles. The highest BCUT2D eigenvalue weighted by Gasteiger charge is 2.23. The quantitative estimate of drug-likeness (QED) is 0.851. The molecule has 1 saturated heterocycles. The Labute approximate surface area is 123 Å². The Kier molecular flexibility index (Phi) is 5.35. The van der Waals surface area contributed by atoms with Gasteiger partial charge in [0.05, 0.1) is 12.7 Å². The number of amides is 2. The Morgan fingerprint density at radius 3 is 3.00 bits per heavy atom. The van der Waals surface area contributed by atoms with Gasteiger partial charge < -0.3 is 24.1 Å². The maximum absolute atomic E-state index is 11.9. The average molecular weight is 296 g/mol. The first kappa shape index (κ1) is 15.5. The predicted octanol–water partition coefficient (Wildman–Crippen LogP) is 0.403. The van der Waals surface area contributed by atoms with Crippen LogP contribution < -0.4 is 5.32 Å². The van der Waals surface area contributed by atoms with E-state index < -0.39 is 0 Å². The Bertz CT molecular complexity index is 499. The number of methoxy groups -OCH3 is 1. The van der Waals surface area contributed by atoms with Crippen LogP contribution in [-0.4, -0.2) is 56.2 Å². The minimum absolute atomic E-state index is 0.0184. The van der Waals surface area contributed by atoms with E-state index in [0.717, 1.165) is 0 Å². The third-order valence-corrected chi connectivity index (χ3v) is 3.25. The molecule has 0 radical (unpaired) electrons. The highest BCUT2D eigenvalue weighted by atomic mass is 16.5. The zero-order valence-corrected chi connectivity index (χ0v) is 12.3. The SMILES string of the molecule is COCc1ccc(C(=O)NCC2CN(C(C)=O)CCO2)o1. The first-order chi connectivity index (χ1) is 10.1. The maximum atomic E-state index is 11.9. The Morgan fingerprint density at radius 1 is 1.48 bits per heavy atom. The molecule has 1 N–H and O–H groups in total. The number of ether oxygens (including phenoxy) is 2. The highest BCUT2D eigenvalue weighted by Crippen LogP contribution is 2.09. The topological polar surface area (TPSA) is 81.0 Å². The molecule has 1 unspecified atom stereocenters. The summed E-state index contributed by atoms with van der Waals surface area (Å²) in [7, 11) is 1.56. The normalized spacial score (nSPS) is 18.6. The minimum atomic E-state index is -0.305. The lowest BCUT2D eigenvalue weighted by Crippen LogP contribution is -2.49. The van der Waals surface area contributed by atoms with Gasteiger partial charge in [-0.15, -0.1) is 0 Å². The van der Waals surface area contributed by atoms with Gasteiger partial charge in [-0.1, -0.05) is 0 Å². The molecule has 2 heterocycles. The number of nitrogens with one attached hydrogen (secondary N) is 1. The van der Waals surface area contributed by atoms with Crippen molar-refractivity contribution in [2.45, 2.75) is 19.6 Å². The van der Waals surface area contributed by atoms with Crippen molar-refractivity contribution in [3.05, 3.63) is 23.7 Å². The van der Waals surface area contributed by atoms with Crippen LogP contribution in [0.2, 0.25) is 0 Å². The molecule has 1 fully saturated rings. The summed E-state index contributed by atoms with van der Waals surface area (Å²) in [4.78, 5) is 25.0. The molecular weight excluding hydrogens is 276 g/mol. The van der Waals surface area contributed by atoms with Crippen LogP contribution in [0.5, 0.6) is 0 Å². The molecule has 1 atom stereocenters. The number of hydrogen-bond acceptors (Lipinski definition) is 5. The fourth-order valence-electron chi connectivity index (χ4n) is 2.14. The third-order valence-electron chi connectivity index (χ3n) is 3.25. The Balaban J connectivity index is 1.81. The van der Waals surface area contributed by atoms with Gasteiger partial charge in [-0.05, 0) is 12.1 Å². The van der Waals surface area contributed by atoms with Crippen molar-refractivity contribution < 1.29 is 23.5 Å². The molecule has 0 aromatic carbocycles. The molecule has 1 aromatic rings. The molecule has 7 nitrogen and oxygen atoms in total. The first-order valence-corrected chi connectivity index (χ1v) is 6.83. The van der Waals surface area contributed by atoms with Gasteiger partial charge in [0, 0.05) is 33.7 Å². The zero-order valence-electron chi connectivity index (χ0n) is 12.3. The van der Waals surface area contributed by atoms with E-state index in [1.54, 1.807) is 24.1 Å². The molecule has 2 amide bonds. The van der Waals surface area contributed by atoms with E-state index in [1.807, 2.05) is 0 Å². The number of morpholine rings is 1. The van der Waals surface area contributed by atoms with E-state index in [4.69, 9.17) is 13.9 Å². The lowest BCUT2D eigenvalue weighted by molar-refractivity contribution is -0.136. The molecule has 1 aliphatic rings. The fourth-order valence-corrected chi connectivity index (χ4v) is 2.14. The van der Waals surface area contributed by atoms with Gasteiger partial charge in [-0.25, -0.2) is 0 Å². The summed E-state index contributed by atoms with van der Waals surface area (Å²) in [6.45, 7) is 3.76. The minimum Gasteiger partial charge on any atom is -0.453 e. The lowest BCUT2D eigenvalue weighted by Gasteiger charge is -2.32. The van der Waals surface area contributed by atoms with Crippen LogP contribution in [0.4, 0.5) is 0 Å². The summed E-state index contributed by atoms with van der Waals surface area (Å²) in [5.41, 5.74) is 0. The average Bonchev–Trinajstić information content (AvgIpc) is 2.94. The van der Waals surface area contributed by atoms with Crippen molar-refractivity contribution in [1.29, 1.82) is 0 Å². The van der Waals surface area contributed by atoms with Gasteiger partial charge in [0.1, 0.15) is 12.4 Å². The van der Waals surface area contributed by atoms with Crippen LogP contribution >= 0.6 is 0 Å². The van der Waals surface area contributed by atoms with Gasteiger partial charge in [-0.3, -0.25) is 9.59 Å². The van der Waals surface area contributed by atoms with Crippen molar-refractivity contribution in [3.8, 4) is 0 Å². The fraction of sp³-hybridized carbons (Fsp3) is 0.571. The van der Waals surface area contributed by atoms with Crippen LogP contribution in [0.1, 0.15) is 23.2 Å². The van der Waals surface area contributed by atoms with Gasteiger partial charge in [0.15, 0.2) is 5.76 Å². The van der Waals surface area contributed by atoms with Crippen LogP contribution in [0.15, 0.2) is 16.5 Å². The molecule has 1 aromatic heterocycles. The van der Waals surface area contributed by atoms with Crippen LogP contribution in [0.3, 0.4) is 0 Å². The monoisotopic (exact) mass is 296 g/mol. The van der Waals surface area contributed by atoms with Crippen molar-refractivity contribution >= 4 is 11.8 Å². The van der Waals surface area contributed by atoms with E-state index in [9.17, 15) is 9.59 Å². The molecule has 0 spiro atoms. The summed E-state index contributed by atoms with van der Waals surface area (Å²) in [6, 6.07) is 3.31. The third kappa shape index (κ3) is 4.30. The predicted molar refractivity (Wildman–Crippen MR) is 73.7 cm³/mol. The number of rotatable bonds is 5. The van der Waals surface area contributed by atoms with Crippen molar-refractivity contribution in [1.82, 2.24) is 10.2 Å². The molecule has 1 aliphatic heterocycles. The molecular formula is C14H20N2O5. The standard InChI is InChI=1S/C14H20N2O5/c1-10(17)16-5-6-20-12(8-16)7-15-14(18)13-4-3-11(21-13)9-19-2/h3-4,12H,5-9H2,1-2H3,(H,15,18). The summed E-state index contributed by atoms with van der Waals surface area (Å²) < 4.78 is 15.8. The number of carbonyl (C=O) groups is 2. The number of furan rings is 1. The van der Waals surface area contributed by atoms with Crippen LogP contribution in [0, 0.1) is 0 Å². The second-order valence-corrected chi connectivity index (χ2v) is 4.87. The van der Waals surface area contributed by atoms with E-state index in [2.05, 4.69) is 5.32 Å². The summed E-state index contributed by atoms with van der Waals surface area (Å²) >= 11 is 0. The summed E-state index contributed by atoms with van der Waals surface area (Å²) in [6.07, 6.45) is -0.194. The molecule has 0 bridgehead atoms. The summed E-state index contributed by atoms with van der Waals surface area (Å²) in [5.74, 6) is 0.548. The van der Waals surface area contributed by atoms with Crippen molar-refractivity contribution in [3.63, 3.8) is 0 Å². The molecule has 2 rings (SSSR count). The van der Waals surface area contributed by atoms with E-state index in [0.29, 0.717) is 38.6 Å². The Hall–Kier alpha value is -1.86. The maximum Gasteiger partial charge on any atom is 0.287 e. The van der Waals surface area contributed by atoms with E-state index in [1.165, 1.54) is 6.92 Å². The summed E-state index contributed by atoms with van der Waals surface area (Å²) in [5, 5.41) is 2.75. The second-order valence-electron chi connectivity index (χ2n) is 4.87. The van der Waals surface area contributed by atoms with Crippen LogP contribution in [-0.2, 0) is 20.9 Å². The second kappa shape index (κ2) is 7.24. The van der Waals surface area contributed by atoms with Gasteiger partial charge >= 0.3 is 0 Å². The zero-order chi connectivity index (χ0) is 15.2. The molecule has 0 saturated carbocycles. The van der Waals surface area contributed by atoms with Crippen molar-refractivity contribution in [2.24, 2.45) is 0 Å². The number of carbonyl (C=O) groups excluding carboxylic acids is 2. The van der Waals surface area contributed by atoms with Crippen molar-refractivity contribution in [2.75, 3.05) is 33.4 Å². The van der Waals surface area contributed by atoms with E-state index in [-0.39, 0.29) is 23.7 Å². The van der Waals surface area contributed by atoms with Crippen LogP contribution in [0.25, 0.3) is 0 Å². The van der Waals surface area contributed by atoms with Gasteiger partial charge in [0.2, 0.25) is 5.91 Å². The molecule has 116 valence electrons. The molecule has 21 heavy (non-hydrogen) atoms. The molecule has 7 heteroatoms. The largest absolute Gasteiger partial charge is 0.453 e. The Morgan fingerprint density at radius 2 is 2.29 bits per heavy atom. The first-order valence-electron chi connectivity index (χ1n) is 6.83. The lowest BCUT2D eigenvalue weighted by atomic mass is 10.2.